The molecule has 1 unspecified atom stereocenters. The van der Waals surface area contributed by atoms with E-state index in [1.54, 1.807) is 12.1 Å². The second kappa shape index (κ2) is 4.35. The molecule has 0 spiro atoms. The second-order valence-electron chi connectivity index (χ2n) is 5.09. The van der Waals surface area contributed by atoms with Crippen molar-refractivity contribution in [1.29, 1.82) is 0 Å². The number of aromatic hydroxyl groups is 1. The average Bonchev–Trinajstić information content (AvgIpc) is 2.86. The molecule has 0 saturated carbocycles. The molecule has 0 amide bonds. The predicted octanol–water partition coefficient (Wildman–Crippen LogP) is 3.81. The molecular weight excluding hydrogens is 264 g/mol. The number of cyclic esters (lactones) is 1. The molecule has 1 N–H and O–H groups in total. The minimum Gasteiger partial charge on any atom is -0.507 e. The van der Waals surface area contributed by atoms with Gasteiger partial charge in [-0.05, 0) is 17.5 Å². The zero-order chi connectivity index (χ0) is 14.4. The summed E-state index contributed by atoms with van der Waals surface area (Å²) >= 11 is 0. The van der Waals surface area contributed by atoms with Crippen molar-refractivity contribution in [3.8, 4) is 5.75 Å². The van der Waals surface area contributed by atoms with Crippen LogP contribution in [0.1, 0.15) is 27.6 Å². The van der Waals surface area contributed by atoms with Gasteiger partial charge < -0.3 is 9.84 Å². The highest BCUT2D eigenvalue weighted by atomic mass is 16.5. The summed E-state index contributed by atoms with van der Waals surface area (Å²) < 4.78 is 5.55. The Morgan fingerprint density at radius 2 is 1.52 bits per heavy atom. The number of benzene rings is 3. The largest absolute Gasteiger partial charge is 0.507 e. The first-order valence-electron chi connectivity index (χ1n) is 6.76. The van der Waals surface area contributed by atoms with Crippen molar-refractivity contribution in [2.75, 3.05) is 0 Å². The lowest BCUT2D eigenvalue weighted by molar-refractivity contribution is 0.0458. The molecule has 4 rings (SSSR count). The molecule has 0 aliphatic carbocycles. The number of esters is 1. The molecule has 3 aromatic rings. The van der Waals surface area contributed by atoms with Crippen LogP contribution in [0.3, 0.4) is 0 Å². The van der Waals surface area contributed by atoms with E-state index in [0.717, 1.165) is 21.9 Å². The van der Waals surface area contributed by atoms with Crippen molar-refractivity contribution in [3.63, 3.8) is 0 Å². The fourth-order valence-electron chi connectivity index (χ4n) is 2.91. The lowest BCUT2D eigenvalue weighted by Gasteiger charge is -2.14. The van der Waals surface area contributed by atoms with Gasteiger partial charge in [-0.15, -0.1) is 0 Å². The molecular formula is C18H12O3. The van der Waals surface area contributed by atoms with Gasteiger partial charge in [0.25, 0.3) is 0 Å². The van der Waals surface area contributed by atoms with E-state index in [2.05, 4.69) is 0 Å². The molecule has 0 fully saturated rings. The quantitative estimate of drug-likeness (QED) is 0.687. The Kier molecular flexibility index (Phi) is 2.48. The molecule has 0 bridgehead atoms. The Hall–Kier alpha value is -2.81. The third-order valence-electron chi connectivity index (χ3n) is 3.91. The maximum absolute atomic E-state index is 12.0. The van der Waals surface area contributed by atoms with Gasteiger partial charge in [0.15, 0.2) is 6.10 Å². The summed E-state index contributed by atoms with van der Waals surface area (Å²) in [7, 11) is 0. The highest BCUT2D eigenvalue weighted by Gasteiger charge is 2.32. The van der Waals surface area contributed by atoms with E-state index in [1.165, 1.54) is 0 Å². The highest BCUT2D eigenvalue weighted by molar-refractivity contribution is 5.97. The first kappa shape index (κ1) is 12.0. The van der Waals surface area contributed by atoms with E-state index in [1.807, 2.05) is 48.5 Å². The van der Waals surface area contributed by atoms with Crippen molar-refractivity contribution in [2.45, 2.75) is 6.10 Å². The molecule has 102 valence electrons. The smallest absolute Gasteiger partial charge is 0.339 e. The zero-order valence-corrected chi connectivity index (χ0v) is 11.1. The summed E-state index contributed by atoms with van der Waals surface area (Å²) in [6.07, 6.45) is -0.417. The van der Waals surface area contributed by atoms with Crippen molar-refractivity contribution < 1.29 is 14.6 Å². The highest BCUT2D eigenvalue weighted by Crippen LogP contribution is 2.40. The van der Waals surface area contributed by atoms with Gasteiger partial charge in [-0.25, -0.2) is 4.79 Å². The summed E-state index contributed by atoms with van der Waals surface area (Å²) in [6.45, 7) is 0. The third-order valence-corrected chi connectivity index (χ3v) is 3.91. The Balaban J connectivity index is 1.97. The van der Waals surface area contributed by atoms with Crippen LogP contribution in [0.2, 0.25) is 0 Å². The van der Waals surface area contributed by atoms with Gasteiger partial charge in [0.1, 0.15) is 5.75 Å². The lowest BCUT2D eigenvalue weighted by Crippen LogP contribution is -2.01. The van der Waals surface area contributed by atoms with Gasteiger partial charge in [0.05, 0.1) is 5.56 Å². The molecule has 3 aromatic carbocycles. The van der Waals surface area contributed by atoms with E-state index < -0.39 is 6.10 Å². The molecule has 21 heavy (non-hydrogen) atoms. The van der Waals surface area contributed by atoms with Crippen molar-refractivity contribution >= 4 is 16.7 Å². The van der Waals surface area contributed by atoms with Gasteiger partial charge >= 0.3 is 5.97 Å². The van der Waals surface area contributed by atoms with Crippen LogP contribution in [0.5, 0.6) is 5.75 Å². The van der Waals surface area contributed by atoms with Crippen LogP contribution in [0.4, 0.5) is 0 Å². The minimum atomic E-state index is -0.417. The first-order chi connectivity index (χ1) is 10.3. The number of ether oxygens (including phenoxy) is 1. The van der Waals surface area contributed by atoms with Gasteiger partial charge in [-0.2, -0.15) is 0 Å². The third kappa shape index (κ3) is 1.71. The molecule has 1 heterocycles. The fourth-order valence-corrected chi connectivity index (χ4v) is 2.91. The second-order valence-corrected chi connectivity index (χ2v) is 5.09. The number of hydrogen-bond acceptors (Lipinski definition) is 3. The lowest BCUT2D eigenvalue weighted by atomic mass is 9.94. The van der Waals surface area contributed by atoms with E-state index in [9.17, 15) is 9.90 Å². The van der Waals surface area contributed by atoms with Crippen LogP contribution in [0.25, 0.3) is 10.8 Å². The standard InChI is InChI=1S/C18H12O3/c19-16-10-9-14(11-5-1-2-6-12(11)16)17-13-7-3-4-8-15(13)18(20)21-17/h1-10,17,19H. The maximum Gasteiger partial charge on any atom is 0.339 e. The summed E-state index contributed by atoms with van der Waals surface area (Å²) in [5.41, 5.74) is 2.37. The van der Waals surface area contributed by atoms with Crippen LogP contribution < -0.4 is 0 Å². The van der Waals surface area contributed by atoms with Crippen molar-refractivity contribution in [3.05, 3.63) is 77.4 Å². The maximum atomic E-state index is 12.0. The zero-order valence-electron chi connectivity index (χ0n) is 11.1. The van der Waals surface area contributed by atoms with E-state index in [-0.39, 0.29) is 11.7 Å². The predicted molar refractivity (Wildman–Crippen MR) is 79.3 cm³/mol. The molecule has 3 heteroatoms. The van der Waals surface area contributed by atoms with Crippen LogP contribution in [-0.2, 0) is 4.74 Å². The molecule has 0 saturated heterocycles. The SMILES string of the molecule is O=C1OC(c2ccc(O)c3ccccc23)c2ccccc21. The number of fused-ring (bicyclic) bond motifs is 2. The summed E-state index contributed by atoms with van der Waals surface area (Å²) in [4.78, 5) is 12.0. The van der Waals surface area contributed by atoms with E-state index in [0.29, 0.717) is 5.56 Å². The number of hydrogen-bond donors (Lipinski definition) is 1. The van der Waals surface area contributed by atoms with E-state index in [4.69, 9.17) is 4.74 Å². The molecule has 1 aliphatic rings. The summed E-state index contributed by atoms with van der Waals surface area (Å²) in [5.74, 6) is -0.0697. The minimum absolute atomic E-state index is 0.229. The summed E-state index contributed by atoms with van der Waals surface area (Å²) in [5, 5.41) is 11.6. The normalized spacial score (nSPS) is 16.8. The summed E-state index contributed by atoms with van der Waals surface area (Å²) in [6, 6.07) is 18.5. The Morgan fingerprint density at radius 1 is 0.810 bits per heavy atom. The topological polar surface area (TPSA) is 46.5 Å². The molecule has 3 nitrogen and oxygen atoms in total. The number of phenolic OH excluding ortho intramolecular Hbond substituents is 1. The van der Waals surface area contributed by atoms with Crippen LogP contribution in [0, 0.1) is 0 Å². The molecule has 0 radical (unpaired) electrons. The van der Waals surface area contributed by atoms with Gasteiger partial charge in [-0.1, -0.05) is 48.5 Å². The Morgan fingerprint density at radius 3 is 2.38 bits per heavy atom. The molecule has 1 atom stereocenters. The monoisotopic (exact) mass is 276 g/mol. The van der Waals surface area contributed by atoms with Gasteiger partial charge in [0, 0.05) is 16.5 Å². The Bertz CT molecular complexity index is 867. The van der Waals surface area contributed by atoms with Crippen LogP contribution in [0.15, 0.2) is 60.7 Å². The molecule has 0 aromatic heterocycles. The van der Waals surface area contributed by atoms with Gasteiger partial charge in [0.2, 0.25) is 0 Å². The van der Waals surface area contributed by atoms with Crippen molar-refractivity contribution in [2.24, 2.45) is 0 Å². The molecule has 1 aliphatic heterocycles. The number of phenols is 1. The number of carbonyl (C=O) groups excluding carboxylic acids is 1. The first-order valence-corrected chi connectivity index (χ1v) is 6.76. The fraction of sp³-hybridized carbons (Fsp3) is 0.0556. The average molecular weight is 276 g/mol. The van der Waals surface area contributed by atoms with Crippen molar-refractivity contribution in [1.82, 2.24) is 0 Å². The number of rotatable bonds is 1. The van der Waals surface area contributed by atoms with Gasteiger partial charge in [-0.3, -0.25) is 0 Å². The van der Waals surface area contributed by atoms with Crippen LogP contribution in [-0.4, -0.2) is 11.1 Å². The Labute approximate surface area is 121 Å². The van der Waals surface area contributed by atoms with Crippen LogP contribution >= 0.6 is 0 Å². The van der Waals surface area contributed by atoms with E-state index >= 15 is 0 Å². The number of carbonyl (C=O) groups is 1.